The van der Waals surface area contributed by atoms with Crippen molar-refractivity contribution < 1.29 is 14.6 Å². The minimum absolute atomic E-state index is 0.300. The minimum atomic E-state index is -0.990. The second-order valence-electron chi connectivity index (χ2n) is 4.70. The Hall–Kier alpha value is -1.07. The molecule has 1 saturated carbocycles. The van der Waals surface area contributed by atoms with Crippen molar-refractivity contribution in [2.24, 2.45) is 11.7 Å². The third-order valence-corrected chi connectivity index (χ3v) is 3.34. The molecule has 1 aromatic rings. The van der Waals surface area contributed by atoms with Gasteiger partial charge in [0.2, 0.25) is 0 Å². The van der Waals surface area contributed by atoms with Crippen LogP contribution in [0, 0.1) is 5.92 Å². The molecule has 1 fully saturated rings. The molecule has 4 nitrogen and oxygen atoms in total. The van der Waals surface area contributed by atoms with Crippen LogP contribution >= 0.6 is 15.9 Å². The van der Waals surface area contributed by atoms with Crippen LogP contribution in [-0.4, -0.2) is 23.7 Å². The average Bonchev–Trinajstić information content (AvgIpc) is 3.09. The van der Waals surface area contributed by atoms with Crippen LogP contribution in [0.2, 0.25) is 0 Å². The Morgan fingerprint density at radius 1 is 1.50 bits per heavy atom. The molecule has 98 valence electrons. The number of carbonyl (C=O) groups is 1. The fourth-order valence-electron chi connectivity index (χ4n) is 1.66. The first-order valence-corrected chi connectivity index (χ1v) is 6.74. The molecule has 0 aromatic heterocycles. The number of rotatable bonds is 6. The Balaban J connectivity index is 2.02. The van der Waals surface area contributed by atoms with Crippen LogP contribution in [0.5, 0.6) is 5.75 Å². The molecule has 1 unspecified atom stereocenters. The highest BCUT2D eigenvalue weighted by molar-refractivity contribution is 9.10. The molecular weight excluding hydrogens is 298 g/mol. The van der Waals surface area contributed by atoms with Crippen molar-refractivity contribution >= 4 is 21.9 Å². The van der Waals surface area contributed by atoms with Gasteiger partial charge in [0.1, 0.15) is 11.8 Å². The zero-order valence-electron chi connectivity index (χ0n) is 9.93. The van der Waals surface area contributed by atoms with Gasteiger partial charge in [-0.05, 0) is 48.9 Å². The van der Waals surface area contributed by atoms with E-state index in [1.54, 1.807) is 0 Å². The fraction of sp³-hybridized carbons (Fsp3) is 0.462. The SMILES string of the molecule is NC(Cc1cc(Br)cc(OCC2CC2)c1)C(=O)O. The summed E-state index contributed by atoms with van der Waals surface area (Å²) in [5.74, 6) is 0.466. The number of nitrogens with two attached hydrogens (primary N) is 1. The van der Waals surface area contributed by atoms with Crippen LogP contribution in [-0.2, 0) is 11.2 Å². The summed E-state index contributed by atoms with van der Waals surface area (Å²) >= 11 is 3.39. The maximum absolute atomic E-state index is 10.7. The van der Waals surface area contributed by atoms with Crippen molar-refractivity contribution in [3.05, 3.63) is 28.2 Å². The standard InChI is InChI=1S/C13H16BrNO3/c14-10-3-9(5-12(15)13(16)17)4-11(6-10)18-7-8-1-2-8/h3-4,6,8,12H,1-2,5,7,15H2,(H,16,17). The largest absolute Gasteiger partial charge is 0.493 e. The molecule has 0 amide bonds. The number of carboxylic acid groups (broad SMARTS) is 1. The first kappa shape index (κ1) is 13.4. The number of aliphatic carboxylic acids is 1. The molecular formula is C13H16BrNO3. The summed E-state index contributed by atoms with van der Waals surface area (Å²) in [6.07, 6.45) is 2.78. The summed E-state index contributed by atoms with van der Waals surface area (Å²) in [7, 11) is 0. The van der Waals surface area contributed by atoms with Gasteiger partial charge in [0.05, 0.1) is 6.61 Å². The lowest BCUT2D eigenvalue weighted by Gasteiger charge is -2.10. The van der Waals surface area contributed by atoms with Gasteiger partial charge in [0.25, 0.3) is 0 Å². The third kappa shape index (κ3) is 3.99. The first-order valence-electron chi connectivity index (χ1n) is 5.95. The van der Waals surface area contributed by atoms with Crippen LogP contribution < -0.4 is 10.5 Å². The van der Waals surface area contributed by atoms with Gasteiger partial charge < -0.3 is 15.6 Å². The van der Waals surface area contributed by atoms with Gasteiger partial charge in [0, 0.05) is 4.47 Å². The Labute approximate surface area is 114 Å². The topological polar surface area (TPSA) is 72.5 Å². The molecule has 18 heavy (non-hydrogen) atoms. The zero-order chi connectivity index (χ0) is 13.1. The van der Waals surface area contributed by atoms with Crippen molar-refractivity contribution in [1.82, 2.24) is 0 Å². The molecule has 1 atom stereocenters. The lowest BCUT2D eigenvalue weighted by atomic mass is 10.1. The number of halogens is 1. The summed E-state index contributed by atoms with van der Waals surface area (Å²) in [5.41, 5.74) is 6.39. The predicted molar refractivity (Wildman–Crippen MR) is 71.7 cm³/mol. The summed E-state index contributed by atoms with van der Waals surface area (Å²) in [6, 6.07) is 4.73. The van der Waals surface area contributed by atoms with Crippen LogP contribution in [0.1, 0.15) is 18.4 Å². The summed E-state index contributed by atoms with van der Waals surface area (Å²) in [6.45, 7) is 0.737. The zero-order valence-corrected chi connectivity index (χ0v) is 11.5. The minimum Gasteiger partial charge on any atom is -0.493 e. The molecule has 2 rings (SSSR count). The van der Waals surface area contributed by atoms with Gasteiger partial charge in [-0.2, -0.15) is 0 Å². The quantitative estimate of drug-likeness (QED) is 0.844. The maximum Gasteiger partial charge on any atom is 0.320 e. The second kappa shape index (κ2) is 5.71. The first-order chi connectivity index (χ1) is 8.54. The molecule has 3 N–H and O–H groups in total. The average molecular weight is 314 g/mol. The molecule has 1 aliphatic carbocycles. The second-order valence-corrected chi connectivity index (χ2v) is 5.61. The fourth-order valence-corrected chi connectivity index (χ4v) is 2.18. The Morgan fingerprint density at radius 2 is 2.22 bits per heavy atom. The number of hydrogen-bond acceptors (Lipinski definition) is 3. The molecule has 0 bridgehead atoms. The van der Waals surface area contributed by atoms with E-state index >= 15 is 0 Å². The van der Waals surface area contributed by atoms with Gasteiger partial charge >= 0.3 is 5.97 Å². The van der Waals surface area contributed by atoms with E-state index in [1.807, 2.05) is 18.2 Å². The molecule has 1 aromatic carbocycles. The Bertz CT molecular complexity index is 446. The summed E-state index contributed by atoms with van der Waals surface area (Å²) in [5, 5.41) is 8.80. The van der Waals surface area contributed by atoms with E-state index in [0.29, 0.717) is 12.3 Å². The van der Waals surface area contributed by atoms with Gasteiger partial charge in [-0.3, -0.25) is 4.79 Å². The van der Waals surface area contributed by atoms with Crippen LogP contribution in [0.3, 0.4) is 0 Å². The highest BCUT2D eigenvalue weighted by Gasteiger charge is 2.22. The van der Waals surface area contributed by atoms with Crippen molar-refractivity contribution in [3.63, 3.8) is 0 Å². The number of hydrogen-bond donors (Lipinski definition) is 2. The van der Waals surface area contributed by atoms with Crippen LogP contribution in [0.4, 0.5) is 0 Å². The molecule has 5 heteroatoms. The summed E-state index contributed by atoms with van der Waals surface area (Å²) < 4.78 is 6.55. The molecule has 1 aliphatic rings. The highest BCUT2D eigenvalue weighted by Crippen LogP contribution is 2.30. The molecule has 0 spiro atoms. The van der Waals surface area contributed by atoms with Gasteiger partial charge in [-0.15, -0.1) is 0 Å². The van der Waals surface area contributed by atoms with E-state index in [2.05, 4.69) is 15.9 Å². The van der Waals surface area contributed by atoms with Crippen molar-refractivity contribution in [3.8, 4) is 5.75 Å². The smallest absolute Gasteiger partial charge is 0.320 e. The van der Waals surface area contributed by atoms with Gasteiger partial charge in [-0.25, -0.2) is 0 Å². The van der Waals surface area contributed by atoms with Crippen molar-refractivity contribution in [2.75, 3.05) is 6.61 Å². The van der Waals surface area contributed by atoms with Crippen LogP contribution in [0.25, 0.3) is 0 Å². The van der Waals surface area contributed by atoms with Gasteiger partial charge in [-0.1, -0.05) is 15.9 Å². The van der Waals surface area contributed by atoms with Crippen molar-refractivity contribution in [2.45, 2.75) is 25.3 Å². The van der Waals surface area contributed by atoms with E-state index in [0.717, 1.165) is 22.4 Å². The predicted octanol–water partition coefficient (Wildman–Crippen LogP) is 2.19. The molecule has 0 radical (unpaired) electrons. The molecule has 0 heterocycles. The lowest BCUT2D eigenvalue weighted by molar-refractivity contribution is -0.138. The van der Waals surface area contributed by atoms with E-state index < -0.39 is 12.0 Å². The monoisotopic (exact) mass is 313 g/mol. The normalized spacial score (nSPS) is 16.3. The number of ether oxygens (including phenoxy) is 1. The maximum atomic E-state index is 10.7. The number of benzene rings is 1. The highest BCUT2D eigenvalue weighted by atomic mass is 79.9. The van der Waals surface area contributed by atoms with E-state index in [4.69, 9.17) is 15.6 Å². The third-order valence-electron chi connectivity index (χ3n) is 2.89. The van der Waals surface area contributed by atoms with Crippen molar-refractivity contribution in [1.29, 1.82) is 0 Å². The summed E-state index contributed by atoms with van der Waals surface area (Å²) in [4.78, 5) is 10.7. The van der Waals surface area contributed by atoms with Crippen LogP contribution in [0.15, 0.2) is 22.7 Å². The van der Waals surface area contributed by atoms with E-state index in [1.165, 1.54) is 12.8 Å². The molecule has 0 saturated heterocycles. The van der Waals surface area contributed by atoms with E-state index in [-0.39, 0.29) is 0 Å². The lowest BCUT2D eigenvalue weighted by Crippen LogP contribution is -2.32. The molecule has 0 aliphatic heterocycles. The van der Waals surface area contributed by atoms with E-state index in [9.17, 15) is 4.79 Å². The Kier molecular flexibility index (Phi) is 4.24. The van der Waals surface area contributed by atoms with Gasteiger partial charge in [0.15, 0.2) is 0 Å². The Morgan fingerprint density at radius 3 is 2.83 bits per heavy atom. The number of carboxylic acids is 1.